The molecule has 1 aromatic rings. The third-order valence-corrected chi connectivity index (χ3v) is 3.42. The van der Waals surface area contributed by atoms with E-state index in [1.165, 1.54) is 12.1 Å². The number of carbonyl (C=O) groups excluding carboxylic acids is 1. The molecule has 0 N–H and O–H groups in total. The highest BCUT2D eigenvalue weighted by molar-refractivity contribution is 5.82. The van der Waals surface area contributed by atoms with E-state index < -0.39 is 0 Å². The number of rotatable bonds is 2. The summed E-state index contributed by atoms with van der Waals surface area (Å²) in [5, 5.41) is 0. The lowest BCUT2D eigenvalue weighted by Crippen LogP contribution is -2.25. The molecule has 1 aliphatic carbocycles. The molecule has 16 heavy (non-hydrogen) atoms. The topological polar surface area (TPSA) is 17.1 Å². The van der Waals surface area contributed by atoms with Gasteiger partial charge >= 0.3 is 0 Å². The second-order valence-electron chi connectivity index (χ2n) is 4.87. The van der Waals surface area contributed by atoms with Crippen molar-refractivity contribution in [2.75, 3.05) is 0 Å². The maximum absolute atomic E-state index is 12.7. The molecule has 1 nitrogen and oxygen atoms in total. The fraction of sp³-hybridized carbons (Fsp3) is 0.500. The Morgan fingerprint density at radius 3 is 2.69 bits per heavy atom. The highest BCUT2D eigenvalue weighted by atomic mass is 19.1. The molecule has 0 saturated heterocycles. The largest absolute Gasteiger partial charge is 0.299 e. The summed E-state index contributed by atoms with van der Waals surface area (Å²) < 4.78 is 12.7. The van der Waals surface area contributed by atoms with Gasteiger partial charge in [-0.1, -0.05) is 19.1 Å². The van der Waals surface area contributed by atoms with Gasteiger partial charge in [-0.15, -0.1) is 0 Å². The van der Waals surface area contributed by atoms with E-state index >= 15 is 0 Å². The number of Topliss-reactive ketones (excluding diaryl/α,β-unsaturated/α-hetero) is 1. The van der Waals surface area contributed by atoms with Crippen LogP contribution in [0.25, 0.3) is 0 Å². The van der Waals surface area contributed by atoms with Crippen molar-refractivity contribution in [1.29, 1.82) is 0 Å². The van der Waals surface area contributed by atoms with Gasteiger partial charge in [-0.05, 0) is 42.9 Å². The molecular formula is C14H17FO. The van der Waals surface area contributed by atoms with Crippen LogP contribution in [0.5, 0.6) is 0 Å². The Morgan fingerprint density at radius 2 is 2.00 bits per heavy atom. The summed E-state index contributed by atoms with van der Waals surface area (Å²) in [6.45, 7) is 2.20. The number of ketones is 1. The quantitative estimate of drug-likeness (QED) is 0.746. The minimum Gasteiger partial charge on any atom is -0.299 e. The van der Waals surface area contributed by atoms with E-state index in [1.807, 2.05) is 0 Å². The van der Waals surface area contributed by atoms with Crippen LogP contribution in [0.15, 0.2) is 24.3 Å². The Balaban J connectivity index is 2.02. The highest BCUT2D eigenvalue weighted by Gasteiger charge is 2.26. The smallest absolute Gasteiger partial charge is 0.136 e. The van der Waals surface area contributed by atoms with Gasteiger partial charge in [0, 0.05) is 12.3 Å². The first-order valence-electron chi connectivity index (χ1n) is 5.92. The van der Waals surface area contributed by atoms with Gasteiger partial charge in [0.25, 0.3) is 0 Å². The van der Waals surface area contributed by atoms with Crippen molar-refractivity contribution in [3.8, 4) is 0 Å². The van der Waals surface area contributed by atoms with Crippen molar-refractivity contribution in [3.05, 3.63) is 35.6 Å². The molecule has 1 aliphatic rings. The summed E-state index contributed by atoms with van der Waals surface area (Å²) in [6, 6.07) is 6.49. The van der Waals surface area contributed by atoms with Crippen molar-refractivity contribution in [1.82, 2.24) is 0 Å². The number of hydrogen-bond donors (Lipinski definition) is 0. The van der Waals surface area contributed by atoms with Crippen LogP contribution in [0.1, 0.15) is 31.7 Å². The Kier molecular flexibility index (Phi) is 3.37. The predicted molar refractivity (Wildman–Crippen MR) is 61.6 cm³/mol. The molecule has 0 radical (unpaired) electrons. The van der Waals surface area contributed by atoms with Crippen LogP contribution >= 0.6 is 0 Å². The van der Waals surface area contributed by atoms with E-state index in [0.717, 1.165) is 24.8 Å². The molecule has 0 spiro atoms. The van der Waals surface area contributed by atoms with E-state index in [-0.39, 0.29) is 11.7 Å². The van der Waals surface area contributed by atoms with Gasteiger partial charge in [0.15, 0.2) is 0 Å². The summed E-state index contributed by atoms with van der Waals surface area (Å²) >= 11 is 0. The maximum atomic E-state index is 12.7. The normalized spacial score (nSPS) is 25.8. The van der Waals surface area contributed by atoms with Crippen molar-refractivity contribution >= 4 is 5.78 Å². The summed E-state index contributed by atoms with van der Waals surface area (Å²) in [5.41, 5.74) is 1.06. The van der Waals surface area contributed by atoms with Gasteiger partial charge in [0.1, 0.15) is 11.6 Å². The summed E-state index contributed by atoms with van der Waals surface area (Å²) in [5.74, 6) is 0.951. The van der Waals surface area contributed by atoms with Crippen LogP contribution in [0.2, 0.25) is 0 Å². The minimum atomic E-state index is -0.216. The molecule has 0 amide bonds. The average molecular weight is 220 g/mol. The van der Waals surface area contributed by atoms with E-state index in [0.29, 0.717) is 18.1 Å². The van der Waals surface area contributed by atoms with Crippen molar-refractivity contribution in [3.63, 3.8) is 0 Å². The Labute approximate surface area is 95.7 Å². The van der Waals surface area contributed by atoms with Gasteiger partial charge in [-0.2, -0.15) is 0 Å². The van der Waals surface area contributed by atoms with E-state index in [4.69, 9.17) is 0 Å². The number of hydrogen-bond acceptors (Lipinski definition) is 1. The number of carbonyl (C=O) groups is 1. The monoisotopic (exact) mass is 220 g/mol. The van der Waals surface area contributed by atoms with Crippen LogP contribution in [0.4, 0.5) is 4.39 Å². The van der Waals surface area contributed by atoms with Crippen LogP contribution in [-0.2, 0) is 11.2 Å². The Bertz CT molecular complexity index is 369. The first-order valence-corrected chi connectivity index (χ1v) is 5.92. The van der Waals surface area contributed by atoms with E-state index in [1.54, 1.807) is 12.1 Å². The fourth-order valence-electron chi connectivity index (χ4n) is 2.43. The maximum Gasteiger partial charge on any atom is 0.136 e. The first kappa shape index (κ1) is 11.3. The average Bonchev–Trinajstić information content (AvgIpc) is 2.27. The third-order valence-electron chi connectivity index (χ3n) is 3.42. The SMILES string of the molecule is CC1CCC(=O)C(Cc2ccc(F)cc2)C1. The van der Waals surface area contributed by atoms with Crippen molar-refractivity contribution < 1.29 is 9.18 Å². The first-order chi connectivity index (χ1) is 7.65. The molecule has 0 heterocycles. The van der Waals surface area contributed by atoms with Gasteiger partial charge in [0.2, 0.25) is 0 Å². The molecule has 2 unspecified atom stereocenters. The molecule has 1 aromatic carbocycles. The molecular weight excluding hydrogens is 203 g/mol. The lowest BCUT2D eigenvalue weighted by molar-refractivity contribution is -0.125. The molecule has 0 bridgehead atoms. The van der Waals surface area contributed by atoms with Gasteiger partial charge in [0.05, 0.1) is 0 Å². The number of benzene rings is 1. The standard InChI is InChI=1S/C14H17FO/c1-10-2-7-14(16)12(8-10)9-11-3-5-13(15)6-4-11/h3-6,10,12H,2,7-9H2,1H3. The van der Waals surface area contributed by atoms with Crippen LogP contribution in [0.3, 0.4) is 0 Å². The molecule has 2 heteroatoms. The summed E-state index contributed by atoms with van der Waals surface area (Å²) in [4.78, 5) is 11.7. The Hall–Kier alpha value is -1.18. The number of halogens is 1. The molecule has 2 rings (SSSR count). The minimum absolute atomic E-state index is 0.147. The second-order valence-corrected chi connectivity index (χ2v) is 4.87. The summed E-state index contributed by atoms with van der Waals surface area (Å²) in [7, 11) is 0. The molecule has 0 aliphatic heterocycles. The zero-order valence-corrected chi connectivity index (χ0v) is 9.58. The summed E-state index contributed by atoms with van der Waals surface area (Å²) in [6.07, 6.45) is 3.49. The van der Waals surface area contributed by atoms with Crippen LogP contribution in [0, 0.1) is 17.7 Å². The zero-order valence-electron chi connectivity index (χ0n) is 9.58. The predicted octanol–water partition coefficient (Wildman–Crippen LogP) is 3.37. The zero-order chi connectivity index (χ0) is 11.5. The van der Waals surface area contributed by atoms with Crippen LogP contribution < -0.4 is 0 Å². The van der Waals surface area contributed by atoms with Crippen LogP contribution in [-0.4, -0.2) is 5.78 Å². The van der Waals surface area contributed by atoms with Crippen molar-refractivity contribution in [2.45, 2.75) is 32.6 Å². The molecule has 2 atom stereocenters. The molecule has 1 saturated carbocycles. The van der Waals surface area contributed by atoms with Gasteiger partial charge in [-0.3, -0.25) is 4.79 Å². The second kappa shape index (κ2) is 4.77. The molecule has 86 valence electrons. The Morgan fingerprint density at radius 1 is 1.31 bits per heavy atom. The van der Waals surface area contributed by atoms with E-state index in [2.05, 4.69) is 6.92 Å². The van der Waals surface area contributed by atoms with Gasteiger partial charge in [-0.25, -0.2) is 4.39 Å². The fourth-order valence-corrected chi connectivity index (χ4v) is 2.43. The molecule has 1 fully saturated rings. The lowest BCUT2D eigenvalue weighted by atomic mass is 9.78. The lowest BCUT2D eigenvalue weighted by Gasteiger charge is -2.25. The molecule has 0 aromatic heterocycles. The third kappa shape index (κ3) is 2.69. The van der Waals surface area contributed by atoms with Crippen molar-refractivity contribution in [2.24, 2.45) is 11.8 Å². The van der Waals surface area contributed by atoms with Gasteiger partial charge < -0.3 is 0 Å². The highest BCUT2D eigenvalue weighted by Crippen LogP contribution is 2.28. The van der Waals surface area contributed by atoms with E-state index in [9.17, 15) is 9.18 Å².